The van der Waals surface area contributed by atoms with Gasteiger partial charge in [-0.05, 0) is 36.8 Å². The molecule has 3 saturated heterocycles. The first kappa shape index (κ1) is 17.2. The highest BCUT2D eigenvalue weighted by molar-refractivity contribution is 5.95. The fraction of sp³-hybridized carbons (Fsp3) is 0.450. The van der Waals surface area contributed by atoms with Gasteiger partial charge in [0.05, 0.1) is 31.9 Å². The molecule has 3 aliphatic rings. The van der Waals surface area contributed by atoms with Crippen LogP contribution in [0.15, 0.2) is 30.3 Å². The minimum atomic E-state index is -0.635. The van der Waals surface area contributed by atoms with E-state index < -0.39 is 5.72 Å². The SMILES string of the molecule is COc1ccc(-c2cc(C(=O)N3CC[C@@]45OCCCN4C(=O)C[C@@H]35)[nH]n2)cc1. The zero-order valence-corrected chi connectivity index (χ0v) is 15.7. The van der Waals surface area contributed by atoms with Crippen molar-refractivity contribution in [3.63, 3.8) is 0 Å². The normalized spacial score (nSPS) is 26.3. The van der Waals surface area contributed by atoms with Gasteiger partial charge in [0.1, 0.15) is 11.4 Å². The van der Waals surface area contributed by atoms with Gasteiger partial charge in [-0.15, -0.1) is 0 Å². The van der Waals surface area contributed by atoms with E-state index in [9.17, 15) is 9.59 Å². The molecular formula is C20H22N4O4. The van der Waals surface area contributed by atoms with E-state index in [1.165, 1.54) is 0 Å². The van der Waals surface area contributed by atoms with Crippen molar-refractivity contribution in [1.82, 2.24) is 20.0 Å². The van der Waals surface area contributed by atoms with Gasteiger partial charge >= 0.3 is 0 Å². The van der Waals surface area contributed by atoms with Gasteiger partial charge in [-0.3, -0.25) is 14.7 Å². The maximum atomic E-state index is 13.2. The van der Waals surface area contributed by atoms with E-state index in [1.807, 2.05) is 29.2 Å². The number of rotatable bonds is 3. The highest BCUT2D eigenvalue weighted by Crippen LogP contribution is 2.45. The minimum absolute atomic E-state index is 0.0748. The zero-order valence-electron chi connectivity index (χ0n) is 15.7. The van der Waals surface area contributed by atoms with Gasteiger partial charge in [-0.25, -0.2) is 0 Å². The van der Waals surface area contributed by atoms with Crippen LogP contribution in [0.4, 0.5) is 0 Å². The second kappa shape index (κ2) is 6.34. The van der Waals surface area contributed by atoms with Crippen molar-refractivity contribution in [1.29, 1.82) is 0 Å². The first-order valence-electron chi connectivity index (χ1n) is 9.57. The van der Waals surface area contributed by atoms with Crippen LogP contribution in [0.25, 0.3) is 11.3 Å². The van der Waals surface area contributed by atoms with Crippen molar-refractivity contribution in [2.75, 3.05) is 26.8 Å². The van der Waals surface area contributed by atoms with Gasteiger partial charge in [-0.1, -0.05) is 0 Å². The molecule has 5 rings (SSSR count). The van der Waals surface area contributed by atoms with Crippen molar-refractivity contribution in [3.8, 4) is 17.0 Å². The molecule has 3 fully saturated rings. The Morgan fingerprint density at radius 2 is 2.14 bits per heavy atom. The van der Waals surface area contributed by atoms with Crippen molar-refractivity contribution < 1.29 is 19.1 Å². The Balaban J connectivity index is 1.39. The molecule has 1 N–H and O–H groups in total. The number of likely N-dealkylation sites (tertiary alicyclic amines) is 1. The number of H-pyrrole nitrogens is 1. The summed E-state index contributed by atoms with van der Waals surface area (Å²) < 4.78 is 11.2. The molecule has 0 aliphatic carbocycles. The summed E-state index contributed by atoms with van der Waals surface area (Å²) in [5, 5.41) is 7.15. The Morgan fingerprint density at radius 3 is 2.93 bits per heavy atom. The van der Waals surface area contributed by atoms with E-state index in [2.05, 4.69) is 10.2 Å². The van der Waals surface area contributed by atoms with Crippen LogP contribution in [0, 0.1) is 0 Å². The maximum Gasteiger partial charge on any atom is 0.272 e. The number of ether oxygens (including phenoxy) is 2. The summed E-state index contributed by atoms with van der Waals surface area (Å²) in [6, 6.07) is 9.03. The first-order valence-corrected chi connectivity index (χ1v) is 9.57. The molecule has 8 heteroatoms. The number of nitrogens with zero attached hydrogens (tertiary/aromatic N) is 3. The molecule has 0 saturated carbocycles. The molecule has 0 bridgehead atoms. The molecule has 1 aromatic carbocycles. The van der Waals surface area contributed by atoms with Gasteiger partial charge in [-0.2, -0.15) is 5.10 Å². The molecule has 2 aromatic rings. The quantitative estimate of drug-likeness (QED) is 0.872. The van der Waals surface area contributed by atoms with Crippen LogP contribution in [0.5, 0.6) is 5.75 Å². The number of hydrogen-bond donors (Lipinski definition) is 1. The maximum absolute atomic E-state index is 13.2. The lowest BCUT2D eigenvalue weighted by Gasteiger charge is -2.42. The third-order valence-corrected chi connectivity index (χ3v) is 6.07. The number of methoxy groups -OCH3 is 1. The fourth-order valence-electron chi connectivity index (χ4n) is 4.69. The summed E-state index contributed by atoms with van der Waals surface area (Å²) in [6.45, 7) is 1.92. The number of aromatic amines is 1. The van der Waals surface area contributed by atoms with Crippen molar-refractivity contribution >= 4 is 11.8 Å². The number of carbonyl (C=O) groups is 2. The highest BCUT2D eigenvalue weighted by atomic mass is 16.5. The predicted octanol–water partition coefficient (Wildman–Crippen LogP) is 1.65. The number of benzene rings is 1. The first-order chi connectivity index (χ1) is 13.6. The average Bonchev–Trinajstić information content (AvgIpc) is 3.41. The van der Waals surface area contributed by atoms with Crippen LogP contribution in [0.1, 0.15) is 29.8 Å². The Morgan fingerprint density at radius 1 is 1.32 bits per heavy atom. The summed E-state index contributed by atoms with van der Waals surface area (Å²) in [6.07, 6.45) is 1.83. The van der Waals surface area contributed by atoms with Crippen LogP contribution >= 0.6 is 0 Å². The summed E-state index contributed by atoms with van der Waals surface area (Å²) in [4.78, 5) is 29.2. The van der Waals surface area contributed by atoms with E-state index in [4.69, 9.17) is 9.47 Å². The third kappa shape index (κ3) is 2.44. The Kier molecular flexibility index (Phi) is 3.90. The fourth-order valence-corrected chi connectivity index (χ4v) is 4.69. The number of nitrogens with one attached hydrogen (secondary N) is 1. The van der Waals surface area contributed by atoms with Gasteiger partial charge < -0.3 is 19.3 Å². The Hall–Kier alpha value is -2.87. The minimum Gasteiger partial charge on any atom is -0.497 e. The molecular weight excluding hydrogens is 360 g/mol. The molecule has 2 atom stereocenters. The topological polar surface area (TPSA) is 87.8 Å². The second-order valence-electron chi connectivity index (χ2n) is 7.46. The van der Waals surface area contributed by atoms with Gasteiger partial charge in [0, 0.05) is 25.1 Å². The molecule has 4 heterocycles. The summed E-state index contributed by atoms with van der Waals surface area (Å²) >= 11 is 0. The number of carbonyl (C=O) groups excluding carboxylic acids is 2. The monoisotopic (exact) mass is 382 g/mol. The van der Waals surface area contributed by atoms with Crippen molar-refractivity contribution in [2.45, 2.75) is 31.0 Å². The summed E-state index contributed by atoms with van der Waals surface area (Å²) in [5.74, 6) is 0.699. The van der Waals surface area contributed by atoms with Crippen LogP contribution in [-0.2, 0) is 9.53 Å². The summed E-state index contributed by atoms with van der Waals surface area (Å²) in [5.41, 5.74) is 1.37. The largest absolute Gasteiger partial charge is 0.497 e. The molecule has 28 heavy (non-hydrogen) atoms. The molecule has 146 valence electrons. The third-order valence-electron chi connectivity index (χ3n) is 6.07. The van der Waals surface area contributed by atoms with Gasteiger partial charge in [0.2, 0.25) is 5.91 Å². The molecule has 8 nitrogen and oxygen atoms in total. The van der Waals surface area contributed by atoms with E-state index in [1.54, 1.807) is 18.1 Å². The Bertz CT molecular complexity index is 925. The van der Waals surface area contributed by atoms with Gasteiger partial charge in [0.25, 0.3) is 5.91 Å². The standard InChI is InChI=1S/C20H22N4O4/c1-27-14-5-3-13(4-6-14)15-11-16(22-21-15)19(26)23-9-7-20-17(23)12-18(25)24(20)8-2-10-28-20/h3-6,11,17H,2,7-10,12H2,1H3,(H,21,22)/t17-,20+/m1/s1. The van der Waals surface area contributed by atoms with Crippen LogP contribution < -0.4 is 4.74 Å². The Labute approximate surface area is 162 Å². The molecule has 2 amide bonds. The van der Waals surface area contributed by atoms with Crippen LogP contribution in [0.3, 0.4) is 0 Å². The lowest BCUT2D eigenvalue weighted by atomic mass is 10.0. The second-order valence-corrected chi connectivity index (χ2v) is 7.46. The summed E-state index contributed by atoms with van der Waals surface area (Å²) in [7, 11) is 1.62. The smallest absolute Gasteiger partial charge is 0.272 e. The van der Waals surface area contributed by atoms with Crippen molar-refractivity contribution in [2.24, 2.45) is 0 Å². The lowest BCUT2D eigenvalue weighted by molar-refractivity contribution is -0.179. The molecule has 0 radical (unpaired) electrons. The van der Waals surface area contributed by atoms with E-state index in [-0.39, 0.29) is 17.9 Å². The van der Waals surface area contributed by atoms with Crippen molar-refractivity contribution in [3.05, 3.63) is 36.0 Å². The number of aromatic nitrogens is 2. The molecule has 1 spiro atoms. The average molecular weight is 382 g/mol. The van der Waals surface area contributed by atoms with E-state index >= 15 is 0 Å². The van der Waals surface area contributed by atoms with E-state index in [0.29, 0.717) is 43.9 Å². The van der Waals surface area contributed by atoms with Gasteiger partial charge in [0.15, 0.2) is 5.72 Å². The van der Waals surface area contributed by atoms with Crippen LogP contribution in [-0.4, -0.2) is 70.4 Å². The number of amides is 2. The molecule has 0 unspecified atom stereocenters. The predicted molar refractivity (Wildman–Crippen MR) is 99.6 cm³/mol. The lowest BCUT2D eigenvalue weighted by Crippen LogP contribution is -2.56. The van der Waals surface area contributed by atoms with Crippen LogP contribution in [0.2, 0.25) is 0 Å². The number of hydrogen-bond acceptors (Lipinski definition) is 5. The zero-order chi connectivity index (χ0) is 19.3. The molecule has 3 aliphatic heterocycles. The van der Waals surface area contributed by atoms with E-state index in [0.717, 1.165) is 17.7 Å². The highest BCUT2D eigenvalue weighted by Gasteiger charge is 2.61. The molecule has 1 aromatic heterocycles.